The average molecular weight is 313 g/mol. The summed E-state index contributed by atoms with van der Waals surface area (Å²) in [6.45, 7) is 3.38. The van der Waals surface area contributed by atoms with Crippen molar-refractivity contribution in [2.24, 2.45) is 0 Å². The van der Waals surface area contributed by atoms with Gasteiger partial charge >= 0.3 is 0 Å². The molecule has 0 radical (unpaired) electrons. The topological polar surface area (TPSA) is 66.4 Å². The summed E-state index contributed by atoms with van der Waals surface area (Å²) in [5, 5.41) is 8.76. The smallest absolute Gasteiger partial charge is 0.242 e. The van der Waals surface area contributed by atoms with Gasteiger partial charge in [-0.3, -0.25) is 0 Å². The molecule has 2 N–H and O–H groups in total. The first-order valence-electron chi connectivity index (χ1n) is 6.12. The van der Waals surface area contributed by atoms with Gasteiger partial charge in [0.15, 0.2) is 0 Å². The van der Waals surface area contributed by atoms with E-state index in [-0.39, 0.29) is 17.5 Å². The van der Waals surface area contributed by atoms with Crippen LogP contribution in [0.25, 0.3) is 0 Å². The zero-order valence-electron chi connectivity index (χ0n) is 11.8. The van der Waals surface area contributed by atoms with Crippen LogP contribution >= 0.6 is 11.8 Å². The Labute approximate surface area is 125 Å². The predicted octanol–water partition coefficient (Wildman–Crippen LogP) is 1.37. The lowest BCUT2D eigenvalue weighted by atomic mass is 10.1. The zero-order valence-corrected chi connectivity index (χ0v) is 13.4. The van der Waals surface area contributed by atoms with Crippen molar-refractivity contribution in [3.8, 4) is 11.8 Å². The summed E-state index contributed by atoms with van der Waals surface area (Å²) in [7, 11) is -3.61. The molecule has 1 unspecified atom stereocenters. The molecule has 6 heteroatoms. The van der Waals surface area contributed by atoms with Gasteiger partial charge in [0, 0.05) is 17.4 Å². The monoisotopic (exact) mass is 313 g/mol. The second-order valence-electron chi connectivity index (χ2n) is 4.44. The van der Waals surface area contributed by atoms with Gasteiger partial charge in [0.05, 0.1) is 4.90 Å². The largest absolute Gasteiger partial charge is 0.384 e. The normalized spacial score (nSPS) is 12.6. The quantitative estimate of drug-likeness (QED) is 0.806. The zero-order chi connectivity index (χ0) is 15.2. The Morgan fingerprint density at radius 1 is 1.45 bits per heavy atom. The third-order valence-electron chi connectivity index (χ3n) is 2.50. The molecule has 110 valence electrons. The molecule has 0 heterocycles. The number of sulfonamides is 1. The number of aliphatic hydroxyl groups is 1. The highest BCUT2D eigenvalue weighted by Gasteiger charge is 2.20. The Kier molecular flexibility index (Phi) is 6.56. The maximum atomic E-state index is 12.4. The van der Waals surface area contributed by atoms with Gasteiger partial charge in [0.2, 0.25) is 10.0 Å². The minimum absolute atomic E-state index is 0.150. The molecule has 1 rings (SSSR count). The van der Waals surface area contributed by atoms with Crippen LogP contribution in [0.2, 0.25) is 0 Å². The second-order valence-corrected chi connectivity index (χ2v) is 7.03. The summed E-state index contributed by atoms with van der Waals surface area (Å²) < 4.78 is 27.4. The van der Waals surface area contributed by atoms with Crippen LogP contribution in [0.4, 0.5) is 0 Å². The van der Waals surface area contributed by atoms with E-state index in [2.05, 4.69) is 16.6 Å². The van der Waals surface area contributed by atoms with Crippen molar-refractivity contribution < 1.29 is 13.5 Å². The summed E-state index contributed by atoms with van der Waals surface area (Å²) in [4.78, 5) is 0.150. The van der Waals surface area contributed by atoms with Crippen LogP contribution in [0.3, 0.4) is 0 Å². The Morgan fingerprint density at radius 3 is 2.75 bits per heavy atom. The van der Waals surface area contributed by atoms with E-state index >= 15 is 0 Å². The van der Waals surface area contributed by atoms with E-state index in [1.165, 1.54) is 0 Å². The van der Waals surface area contributed by atoms with E-state index in [9.17, 15) is 8.42 Å². The lowest BCUT2D eigenvalue weighted by Crippen LogP contribution is -2.34. The summed E-state index contributed by atoms with van der Waals surface area (Å²) in [6, 6.07) is 4.83. The molecule has 0 aliphatic heterocycles. The fraction of sp³-hybridized carbons (Fsp3) is 0.429. The molecule has 0 bridgehead atoms. The van der Waals surface area contributed by atoms with Gasteiger partial charge < -0.3 is 5.11 Å². The van der Waals surface area contributed by atoms with Gasteiger partial charge in [-0.2, -0.15) is 11.8 Å². The fourth-order valence-corrected chi connectivity index (χ4v) is 3.80. The van der Waals surface area contributed by atoms with Gasteiger partial charge in [0.25, 0.3) is 0 Å². The lowest BCUT2D eigenvalue weighted by Gasteiger charge is -2.14. The molecule has 1 aromatic carbocycles. The molecule has 0 aliphatic carbocycles. The molecule has 0 saturated heterocycles. The summed E-state index contributed by atoms with van der Waals surface area (Å²) in [6.07, 6.45) is 1.93. The van der Waals surface area contributed by atoms with Crippen molar-refractivity contribution in [2.45, 2.75) is 24.8 Å². The minimum atomic E-state index is -3.61. The summed E-state index contributed by atoms with van der Waals surface area (Å²) in [5.41, 5.74) is 1.33. The highest BCUT2D eigenvalue weighted by Crippen LogP contribution is 2.17. The molecule has 20 heavy (non-hydrogen) atoms. The van der Waals surface area contributed by atoms with Crippen molar-refractivity contribution in [2.75, 3.05) is 18.6 Å². The molecule has 0 fully saturated rings. The maximum Gasteiger partial charge on any atom is 0.242 e. The third-order valence-corrected chi connectivity index (χ3v) is 4.98. The van der Waals surface area contributed by atoms with E-state index in [1.54, 1.807) is 30.0 Å². The Hall–Kier alpha value is -1.00. The first-order valence-corrected chi connectivity index (χ1v) is 9.00. The van der Waals surface area contributed by atoms with Crippen molar-refractivity contribution in [1.29, 1.82) is 0 Å². The molecule has 1 atom stereocenters. The number of hydrogen-bond acceptors (Lipinski definition) is 4. The van der Waals surface area contributed by atoms with Gasteiger partial charge in [-0.05, 0) is 37.8 Å². The standard InChI is InChI=1S/C14H19NO3S2/c1-11-6-7-14(13(9-11)5-4-8-16)20(17,18)15-12(2)10-19-3/h6-7,9,12,15-16H,8,10H2,1-3H3. The fourth-order valence-electron chi connectivity index (χ4n) is 1.72. The SMILES string of the molecule is CSCC(C)NS(=O)(=O)c1ccc(C)cc1C#CCO. The molecule has 0 spiro atoms. The van der Waals surface area contributed by atoms with Crippen LogP contribution in [0.1, 0.15) is 18.1 Å². The first kappa shape index (κ1) is 17.1. The molecular weight excluding hydrogens is 294 g/mol. The molecule has 4 nitrogen and oxygen atoms in total. The van der Waals surface area contributed by atoms with Gasteiger partial charge in [-0.25, -0.2) is 13.1 Å². The molecule has 0 saturated carbocycles. The third kappa shape index (κ3) is 4.84. The molecular formula is C14H19NO3S2. The summed E-state index contributed by atoms with van der Waals surface area (Å²) in [5.74, 6) is 5.88. The number of thioether (sulfide) groups is 1. The molecule has 0 amide bonds. The van der Waals surface area contributed by atoms with E-state index in [0.29, 0.717) is 11.3 Å². The van der Waals surface area contributed by atoms with Crippen LogP contribution in [0.5, 0.6) is 0 Å². The molecule has 0 aromatic heterocycles. The molecule has 0 aliphatic rings. The Bertz CT molecular complexity index is 615. The predicted molar refractivity (Wildman–Crippen MR) is 83.3 cm³/mol. The van der Waals surface area contributed by atoms with Crippen LogP contribution in [-0.2, 0) is 10.0 Å². The van der Waals surface area contributed by atoms with Gasteiger partial charge in [-0.15, -0.1) is 0 Å². The average Bonchev–Trinajstić information content (AvgIpc) is 2.35. The Balaban J connectivity index is 3.17. The van der Waals surface area contributed by atoms with Gasteiger partial charge in [0.1, 0.15) is 6.61 Å². The number of aryl methyl sites for hydroxylation is 1. The number of aliphatic hydroxyl groups excluding tert-OH is 1. The highest BCUT2D eigenvalue weighted by molar-refractivity contribution is 7.98. The van der Waals surface area contributed by atoms with Crippen molar-refractivity contribution in [1.82, 2.24) is 4.72 Å². The van der Waals surface area contributed by atoms with Crippen LogP contribution in [-0.4, -0.2) is 38.2 Å². The van der Waals surface area contributed by atoms with Crippen LogP contribution in [0, 0.1) is 18.8 Å². The molecule has 1 aromatic rings. The number of hydrogen-bond donors (Lipinski definition) is 2. The van der Waals surface area contributed by atoms with Crippen LogP contribution < -0.4 is 4.72 Å². The minimum Gasteiger partial charge on any atom is -0.384 e. The van der Waals surface area contributed by atoms with E-state index in [0.717, 1.165) is 5.56 Å². The van der Waals surface area contributed by atoms with Gasteiger partial charge in [-0.1, -0.05) is 17.9 Å². The number of nitrogens with one attached hydrogen (secondary N) is 1. The maximum absolute atomic E-state index is 12.4. The summed E-state index contributed by atoms with van der Waals surface area (Å²) >= 11 is 1.58. The second kappa shape index (κ2) is 7.70. The van der Waals surface area contributed by atoms with Crippen molar-refractivity contribution in [3.63, 3.8) is 0 Å². The van der Waals surface area contributed by atoms with E-state index in [1.807, 2.05) is 20.1 Å². The number of rotatable bonds is 5. The first-order chi connectivity index (χ1) is 9.40. The highest BCUT2D eigenvalue weighted by atomic mass is 32.2. The van der Waals surface area contributed by atoms with E-state index < -0.39 is 10.0 Å². The number of benzene rings is 1. The van der Waals surface area contributed by atoms with Crippen molar-refractivity contribution in [3.05, 3.63) is 29.3 Å². The lowest BCUT2D eigenvalue weighted by molar-refractivity contribution is 0.350. The Morgan fingerprint density at radius 2 is 2.15 bits per heavy atom. The van der Waals surface area contributed by atoms with E-state index in [4.69, 9.17) is 5.11 Å². The van der Waals surface area contributed by atoms with Crippen LogP contribution in [0.15, 0.2) is 23.1 Å². The van der Waals surface area contributed by atoms with Crippen molar-refractivity contribution >= 4 is 21.8 Å².